The maximum absolute atomic E-state index is 13.7. The number of halogens is 1. The highest BCUT2D eigenvalue weighted by molar-refractivity contribution is 7.15. The van der Waals surface area contributed by atoms with Crippen molar-refractivity contribution in [3.8, 4) is 16.3 Å². The minimum atomic E-state index is -0.432. The van der Waals surface area contributed by atoms with Crippen molar-refractivity contribution in [1.82, 2.24) is 15.0 Å². The Morgan fingerprint density at radius 1 is 1.23 bits per heavy atom. The quantitative estimate of drug-likeness (QED) is 0.441. The highest BCUT2D eigenvalue weighted by Crippen LogP contribution is 2.31. The second-order valence-electron chi connectivity index (χ2n) is 6.92. The van der Waals surface area contributed by atoms with E-state index in [1.807, 2.05) is 19.1 Å². The van der Waals surface area contributed by atoms with Gasteiger partial charge in [0, 0.05) is 11.9 Å². The molecule has 0 bridgehead atoms. The number of nitrogens with zero attached hydrogens (tertiary/aromatic N) is 3. The standard InChI is InChI=1S/C22H20FN3O3S/c1-13-8-9-19(30-13)17-12-15(20-14(2)25-29-21(20)24-17)22(27)26(3)10-11-28-18-7-5-4-6-16(18)23/h4-9,12H,10-11H2,1-3H3. The molecule has 8 heteroatoms. The number of fused-ring (bicyclic) bond motifs is 1. The van der Waals surface area contributed by atoms with E-state index in [0.29, 0.717) is 28.1 Å². The van der Waals surface area contributed by atoms with Gasteiger partial charge in [-0.05, 0) is 44.2 Å². The number of aromatic nitrogens is 2. The third kappa shape index (κ3) is 3.91. The van der Waals surface area contributed by atoms with Crippen LogP contribution in [0.5, 0.6) is 5.75 Å². The van der Waals surface area contributed by atoms with Gasteiger partial charge in [0.05, 0.1) is 33.8 Å². The van der Waals surface area contributed by atoms with Gasteiger partial charge < -0.3 is 14.2 Å². The van der Waals surface area contributed by atoms with Crippen LogP contribution in [0.25, 0.3) is 21.7 Å². The molecule has 0 aliphatic heterocycles. The van der Waals surface area contributed by atoms with Crippen LogP contribution in [0.4, 0.5) is 4.39 Å². The molecule has 0 atom stereocenters. The number of ether oxygens (including phenoxy) is 1. The summed E-state index contributed by atoms with van der Waals surface area (Å²) in [6.45, 7) is 4.24. The second-order valence-corrected chi connectivity index (χ2v) is 8.21. The molecule has 0 unspecified atom stereocenters. The number of rotatable bonds is 6. The molecule has 154 valence electrons. The minimum Gasteiger partial charge on any atom is -0.489 e. The summed E-state index contributed by atoms with van der Waals surface area (Å²) in [5.41, 5.74) is 2.06. The fraction of sp³-hybridized carbons (Fsp3) is 0.227. The molecule has 4 aromatic rings. The Kier molecular flexibility index (Phi) is 5.50. The number of carbonyl (C=O) groups is 1. The van der Waals surface area contributed by atoms with Gasteiger partial charge in [0.1, 0.15) is 6.61 Å². The molecule has 6 nitrogen and oxygen atoms in total. The molecule has 3 aromatic heterocycles. The molecule has 3 heterocycles. The van der Waals surface area contributed by atoms with Crippen LogP contribution < -0.4 is 4.74 Å². The van der Waals surface area contributed by atoms with E-state index >= 15 is 0 Å². The first kappa shape index (κ1) is 20.0. The number of aryl methyl sites for hydroxylation is 2. The van der Waals surface area contributed by atoms with Crippen LogP contribution >= 0.6 is 11.3 Å². The van der Waals surface area contributed by atoms with Gasteiger partial charge in [-0.15, -0.1) is 11.3 Å². The Morgan fingerprint density at radius 3 is 2.77 bits per heavy atom. The number of hydrogen-bond acceptors (Lipinski definition) is 6. The molecular formula is C22H20FN3O3S. The molecule has 1 amide bonds. The topological polar surface area (TPSA) is 68.5 Å². The van der Waals surface area contributed by atoms with Gasteiger partial charge in [0.15, 0.2) is 11.6 Å². The van der Waals surface area contributed by atoms with Crippen LogP contribution in [0, 0.1) is 19.7 Å². The summed E-state index contributed by atoms with van der Waals surface area (Å²) >= 11 is 1.59. The Hall–Kier alpha value is -3.26. The summed E-state index contributed by atoms with van der Waals surface area (Å²) in [6.07, 6.45) is 0. The maximum Gasteiger partial charge on any atom is 0.259 e. The van der Waals surface area contributed by atoms with E-state index < -0.39 is 5.82 Å². The summed E-state index contributed by atoms with van der Waals surface area (Å²) in [7, 11) is 1.68. The Labute approximate surface area is 176 Å². The van der Waals surface area contributed by atoms with Crippen LogP contribution in [-0.2, 0) is 0 Å². The second kappa shape index (κ2) is 8.23. The summed E-state index contributed by atoms with van der Waals surface area (Å²) in [5, 5.41) is 4.57. The monoisotopic (exact) mass is 425 g/mol. The van der Waals surface area contributed by atoms with Crippen LogP contribution in [0.1, 0.15) is 20.9 Å². The summed E-state index contributed by atoms with van der Waals surface area (Å²) in [4.78, 5) is 21.4. The third-order valence-electron chi connectivity index (χ3n) is 4.71. The van der Waals surface area contributed by atoms with Crippen molar-refractivity contribution in [3.05, 3.63) is 64.4 Å². The van der Waals surface area contributed by atoms with E-state index in [1.54, 1.807) is 49.6 Å². The van der Waals surface area contributed by atoms with Gasteiger partial charge >= 0.3 is 0 Å². The SMILES string of the molecule is Cc1ccc(-c2cc(C(=O)N(C)CCOc3ccccc3F)c3c(C)noc3n2)s1. The van der Waals surface area contributed by atoms with Crippen molar-refractivity contribution in [2.24, 2.45) is 0 Å². The minimum absolute atomic E-state index is 0.162. The van der Waals surface area contributed by atoms with E-state index in [2.05, 4.69) is 10.1 Å². The number of pyridine rings is 1. The third-order valence-corrected chi connectivity index (χ3v) is 5.73. The molecule has 30 heavy (non-hydrogen) atoms. The van der Waals surface area contributed by atoms with Crippen molar-refractivity contribution in [1.29, 1.82) is 0 Å². The summed E-state index contributed by atoms with van der Waals surface area (Å²) < 4.78 is 24.5. The maximum atomic E-state index is 13.7. The zero-order valence-electron chi connectivity index (χ0n) is 16.8. The van der Waals surface area contributed by atoms with Crippen molar-refractivity contribution in [2.45, 2.75) is 13.8 Å². The fourth-order valence-corrected chi connectivity index (χ4v) is 3.95. The van der Waals surface area contributed by atoms with E-state index in [-0.39, 0.29) is 24.8 Å². The van der Waals surface area contributed by atoms with Crippen LogP contribution in [-0.4, -0.2) is 41.1 Å². The zero-order chi connectivity index (χ0) is 21.3. The number of benzene rings is 1. The lowest BCUT2D eigenvalue weighted by molar-refractivity contribution is 0.0774. The van der Waals surface area contributed by atoms with E-state index in [1.165, 1.54) is 11.0 Å². The van der Waals surface area contributed by atoms with Gasteiger partial charge in [-0.25, -0.2) is 9.37 Å². The number of thiophene rings is 1. The van der Waals surface area contributed by atoms with Crippen molar-refractivity contribution < 1.29 is 18.4 Å². The van der Waals surface area contributed by atoms with Gasteiger partial charge in [-0.3, -0.25) is 4.79 Å². The van der Waals surface area contributed by atoms with Crippen molar-refractivity contribution in [2.75, 3.05) is 20.2 Å². The Bertz CT molecular complexity index is 1220. The van der Waals surface area contributed by atoms with Gasteiger partial charge in [0.2, 0.25) is 0 Å². The number of amides is 1. The Balaban J connectivity index is 1.58. The van der Waals surface area contributed by atoms with E-state index in [9.17, 15) is 9.18 Å². The lowest BCUT2D eigenvalue weighted by atomic mass is 10.1. The zero-order valence-corrected chi connectivity index (χ0v) is 17.6. The first-order valence-corrected chi connectivity index (χ1v) is 10.2. The van der Waals surface area contributed by atoms with Crippen molar-refractivity contribution in [3.63, 3.8) is 0 Å². The van der Waals surface area contributed by atoms with Crippen LogP contribution in [0.2, 0.25) is 0 Å². The van der Waals surface area contributed by atoms with Gasteiger partial charge in [-0.1, -0.05) is 17.3 Å². The number of carbonyl (C=O) groups excluding carboxylic acids is 1. The molecule has 0 spiro atoms. The molecule has 0 radical (unpaired) electrons. The predicted octanol–water partition coefficient (Wildman–Crippen LogP) is 4.86. The fourth-order valence-electron chi connectivity index (χ4n) is 3.12. The molecule has 0 aliphatic rings. The predicted molar refractivity (Wildman–Crippen MR) is 113 cm³/mol. The summed E-state index contributed by atoms with van der Waals surface area (Å²) in [5.74, 6) is -0.478. The molecule has 0 saturated heterocycles. The van der Waals surface area contributed by atoms with E-state index in [4.69, 9.17) is 9.26 Å². The average Bonchev–Trinajstić information content (AvgIpc) is 3.34. The largest absolute Gasteiger partial charge is 0.489 e. The molecule has 0 N–H and O–H groups in total. The first-order valence-electron chi connectivity index (χ1n) is 9.40. The molecular weight excluding hydrogens is 405 g/mol. The number of hydrogen-bond donors (Lipinski definition) is 0. The Morgan fingerprint density at radius 2 is 2.03 bits per heavy atom. The first-order chi connectivity index (χ1) is 14.4. The highest BCUT2D eigenvalue weighted by Gasteiger charge is 2.22. The molecule has 0 fully saturated rings. The van der Waals surface area contributed by atoms with E-state index in [0.717, 1.165) is 9.75 Å². The lowest BCUT2D eigenvalue weighted by Gasteiger charge is -2.18. The number of likely N-dealkylation sites (N-methyl/N-ethyl adjacent to an activating group) is 1. The normalized spacial score (nSPS) is 11.1. The molecule has 0 aliphatic carbocycles. The molecule has 1 aromatic carbocycles. The lowest BCUT2D eigenvalue weighted by Crippen LogP contribution is -2.31. The van der Waals surface area contributed by atoms with Crippen LogP contribution in [0.3, 0.4) is 0 Å². The smallest absolute Gasteiger partial charge is 0.259 e. The number of para-hydroxylation sites is 1. The average molecular weight is 425 g/mol. The van der Waals surface area contributed by atoms with Crippen molar-refractivity contribution >= 4 is 28.3 Å². The molecule has 4 rings (SSSR count). The summed E-state index contributed by atoms with van der Waals surface area (Å²) in [6, 6.07) is 11.9. The highest BCUT2D eigenvalue weighted by atomic mass is 32.1. The van der Waals surface area contributed by atoms with Gasteiger partial charge in [-0.2, -0.15) is 0 Å². The molecule has 0 saturated carbocycles. The van der Waals surface area contributed by atoms with Crippen LogP contribution in [0.15, 0.2) is 47.0 Å². The van der Waals surface area contributed by atoms with Gasteiger partial charge in [0.25, 0.3) is 11.6 Å².